The van der Waals surface area contributed by atoms with Gasteiger partial charge in [-0.3, -0.25) is 0 Å². The molecule has 1 aliphatic rings. The van der Waals surface area contributed by atoms with Gasteiger partial charge < -0.3 is 10.1 Å². The SMILES string of the molecule is Cc1ccc(Cl)c(Oc2c(F)cccc2CNC2CC2)c1. The highest BCUT2D eigenvalue weighted by atomic mass is 35.5. The molecule has 2 aromatic rings. The third-order valence-corrected chi connectivity index (χ3v) is 3.82. The Bertz CT molecular complexity index is 655. The molecule has 2 aromatic carbocycles. The van der Waals surface area contributed by atoms with Crippen molar-refractivity contribution in [2.75, 3.05) is 0 Å². The summed E-state index contributed by atoms with van der Waals surface area (Å²) in [6.07, 6.45) is 2.38. The van der Waals surface area contributed by atoms with Crippen LogP contribution in [-0.2, 0) is 6.54 Å². The fourth-order valence-corrected chi connectivity index (χ4v) is 2.30. The van der Waals surface area contributed by atoms with Crippen LogP contribution in [0.2, 0.25) is 5.02 Å². The zero-order chi connectivity index (χ0) is 14.8. The molecule has 0 aromatic heterocycles. The molecule has 0 spiro atoms. The molecule has 0 aliphatic heterocycles. The lowest BCUT2D eigenvalue weighted by molar-refractivity contribution is 0.433. The monoisotopic (exact) mass is 305 g/mol. The van der Waals surface area contributed by atoms with Gasteiger partial charge in [-0.05, 0) is 43.5 Å². The van der Waals surface area contributed by atoms with Gasteiger partial charge in [-0.1, -0.05) is 29.8 Å². The van der Waals surface area contributed by atoms with E-state index in [1.807, 2.05) is 25.1 Å². The van der Waals surface area contributed by atoms with Crippen molar-refractivity contribution in [1.82, 2.24) is 5.32 Å². The minimum atomic E-state index is -0.373. The Balaban J connectivity index is 1.87. The number of aryl methyl sites for hydroxylation is 1. The normalized spacial score (nSPS) is 14.2. The van der Waals surface area contributed by atoms with Crippen molar-refractivity contribution < 1.29 is 9.13 Å². The van der Waals surface area contributed by atoms with Gasteiger partial charge in [0.2, 0.25) is 0 Å². The maximum Gasteiger partial charge on any atom is 0.167 e. The first-order chi connectivity index (χ1) is 10.1. The first-order valence-electron chi connectivity index (χ1n) is 7.08. The van der Waals surface area contributed by atoms with Crippen LogP contribution in [0.4, 0.5) is 4.39 Å². The van der Waals surface area contributed by atoms with Crippen molar-refractivity contribution in [3.63, 3.8) is 0 Å². The number of ether oxygens (including phenoxy) is 1. The Labute approximate surface area is 128 Å². The topological polar surface area (TPSA) is 21.3 Å². The molecule has 4 heteroatoms. The lowest BCUT2D eigenvalue weighted by Crippen LogP contribution is -2.16. The molecule has 1 fully saturated rings. The molecule has 3 rings (SSSR count). The molecular weight excluding hydrogens is 289 g/mol. The maximum absolute atomic E-state index is 14.1. The van der Waals surface area contributed by atoms with Gasteiger partial charge in [0, 0.05) is 18.2 Å². The van der Waals surface area contributed by atoms with Crippen LogP contribution in [0, 0.1) is 12.7 Å². The number of halogens is 2. The van der Waals surface area contributed by atoms with E-state index in [1.165, 1.54) is 18.9 Å². The number of benzene rings is 2. The first-order valence-corrected chi connectivity index (χ1v) is 7.46. The molecule has 0 atom stereocenters. The average Bonchev–Trinajstić information content (AvgIpc) is 3.27. The fraction of sp³-hybridized carbons (Fsp3) is 0.294. The average molecular weight is 306 g/mol. The predicted octanol–water partition coefficient (Wildman–Crippen LogP) is 4.83. The summed E-state index contributed by atoms with van der Waals surface area (Å²) in [5.74, 6) is 0.357. The van der Waals surface area contributed by atoms with Crippen molar-refractivity contribution >= 4 is 11.6 Å². The molecule has 110 valence electrons. The minimum Gasteiger partial charge on any atom is -0.452 e. The van der Waals surface area contributed by atoms with Gasteiger partial charge >= 0.3 is 0 Å². The zero-order valence-electron chi connectivity index (χ0n) is 11.8. The number of hydrogen-bond acceptors (Lipinski definition) is 2. The third kappa shape index (κ3) is 3.55. The van der Waals surface area contributed by atoms with Crippen molar-refractivity contribution in [3.8, 4) is 11.5 Å². The Morgan fingerprint density at radius 1 is 1.29 bits per heavy atom. The van der Waals surface area contributed by atoms with Gasteiger partial charge in [-0.25, -0.2) is 4.39 Å². The minimum absolute atomic E-state index is 0.248. The zero-order valence-corrected chi connectivity index (χ0v) is 12.6. The van der Waals surface area contributed by atoms with E-state index in [2.05, 4.69) is 5.32 Å². The van der Waals surface area contributed by atoms with Crippen LogP contribution in [0.25, 0.3) is 0 Å². The highest BCUT2D eigenvalue weighted by Gasteiger charge is 2.21. The number of rotatable bonds is 5. The van der Waals surface area contributed by atoms with E-state index in [-0.39, 0.29) is 11.6 Å². The van der Waals surface area contributed by atoms with Crippen LogP contribution in [0.1, 0.15) is 24.0 Å². The van der Waals surface area contributed by atoms with Gasteiger partial charge in [0.05, 0.1) is 5.02 Å². The van der Waals surface area contributed by atoms with Gasteiger partial charge in [-0.2, -0.15) is 0 Å². The molecule has 1 N–H and O–H groups in total. The van der Waals surface area contributed by atoms with Crippen molar-refractivity contribution in [2.24, 2.45) is 0 Å². The molecule has 1 aliphatic carbocycles. The van der Waals surface area contributed by atoms with E-state index in [1.54, 1.807) is 12.1 Å². The summed E-state index contributed by atoms with van der Waals surface area (Å²) in [4.78, 5) is 0. The van der Waals surface area contributed by atoms with Crippen molar-refractivity contribution in [1.29, 1.82) is 0 Å². The number of hydrogen-bond donors (Lipinski definition) is 1. The van der Waals surface area contributed by atoms with Gasteiger partial charge in [-0.15, -0.1) is 0 Å². The van der Waals surface area contributed by atoms with Crippen LogP contribution >= 0.6 is 11.6 Å². The molecule has 0 radical (unpaired) electrons. The lowest BCUT2D eigenvalue weighted by atomic mass is 10.2. The summed E-state index contributed by atoms with van der Waals surface area (Å²) in [5, 5.41) is 3.85. The second kappa shape index (κ2) is 6.04. The van der Waals surface area contributed by atoms with Crippen LogP contribution in [0.3, 0.4) is 0 Å². The lowest BCUT2D eigenvalue weighted by Gasteiger charge is -2.14. The Morgan fingerprint density at radius 2 is 2.10 bits per heavy atom. The van der Waals surface area contributed by atoms with Gasteiger partial charge in [0.15, 0.2) is 11.6 Å². The largest absolute Gasteiger partial charge is 0.452 e. The first kappa shape index (κ1) is 14.4. The van der Waals surface area contributed by atoms with E-state index in [4.69, 9.17) is 16.3 Å². The Kier molecular flexibility index (Phi) is 4.13. The van der Waals surface area contributed by atoms with Crippen LogP contribution in [0.5, 0.6) is 11.5 Å². The van der Waals surface area contributed by atoms with E-state index in [9.17, 15) is 4.39 Å². The summed E-state index contributed by atoms with van der Waals surface area (Å²) in [7, 11) is 0. The molecule has 0 saturated heterocycles. The molecular formula is C17H17ClFNO. The van der Waals surface area contributed by atoms with E-state index in [0.29, 0.717) is 23.4 Å². The van der Waals surface area contributed by atoms with Gasteiger partial charge in [0.25, 0.3) is 0 Å². The van der Waals surface area contributed by atoms with E-state index >= 15 is 0 Å². The van der Waals surface area contributed by atoms with Crippen LogP contribution < -0.4 is 10.1 Å². The van der Waals surface area contributed by atoms with Crippen molar-refractivity contribution in [3.05, 3.63) is 58.4 Å². The predicted molar refractivity (Wildman–Crippen MR) is 82.5 cm³/mol. The molecule has 2 nitrogen and oxygen atoms in total. The van der Waals surface area contributed by atoms with Gasteiger partial charge in [0.1, 0.15) is 5.75 Å². The Morgan fingerprint density at radius 3 is 2.86 bits per heavy atom. The third-order valence-electron chi connectivity index (χ3n) is 3.51. The smallest absolute Gasteiger partial charge is 0.167 e. The maximum atomic E-state index is 14.1. The molecule has 0 amide bonds. The molecule has 1 saturated carbocycles. The molecule has 0 unspecified atom stereocenters. The standard InChI is InChI=1S/C17H17ClFNO/c1-11-5-8-14(18)16(9-11)21-17-12(3-2-4-15(17)19)10-20-13-6-7-13/h2-5,8-9,13,20H,6-7,10H2,1H3. The summed E-state index contributed by atoms with van der Waals surface area (Å²) in [6.45, 7) is 2.54. The molecule has 21 heavy (non-hydrogen) atoms. The fourth-order valence-electron chi connectivity index (χ4n) is 2.15. The molecule has 0 bridgehead atoms. The van der Waals surface area contributed by atoms with Crippen LogP contribution in [0.15, 0.2) is 36.4 Å². The second-order valence-electron chi connectivity index (χ2n) is 5.42. The number of nitrogens with one attached hydrogen (secondary N) is 1. The second-order valence-corrected chi connectivity index (χ2v) is 5.83. The quantitative estimate of drug-likeness (QED) is 0.854. The highest BCUT2D eigenvalue weighted by molar-refractivity contribution is 6.32. The highest BCUT2D eigenvalue weighted by Crippen LogP contribution is 2.34. The van der Waals surface area contributed by atoms with Crippen molar-refractivity contribution in [2.45, 2.75) is 32.4 Å². The summed E-state index contributed by atoms with van der Waals surface area (Å²) in [6, 6.07) is 11.0. The molecule has 0 heterocycles. The summed E-state index contributed by atoms with van der Waals surface area (Å²) in [5.41, 5.74) is 1.82. The summed E-state index contributed by atoms with van der Waals surface area (Å²) >= 11 is 6.13. The van der Waals surface area contributed by atoms with E-state index < -0.39 is 0 Å². The number of para-hydroxylation sites is 1. The Hall–Kier alpha value is -1.58. The summed E-state index contributed by atoms with van der Waals surface area (Å²) < 4.78 is 19.9. The van der Waals surface area contributed by atoms with Crippen LogP contribution in [-0.4, -0.2) is 6.04 Å². The van der Waals surface area contributed by atoms with E-state index in [0.717, 1.165) is 11.1 Å².